The van der Waals surface area contributed by atoms with Crippen LogP contribution in [0.2, 0.25) is 0 Å². The highest BCUT2D eigenvalue weighted by molar-refractivity contribution is 14.1. The average Bonchev–Trinajstić information content (AvgIpc) is 3.38. The monoisotopic (exact) mass is 472 g/mol. The molecule has 0 spiro atoms. The van der Waals surface area contributed by atoms with Crippen molar-refractivity contribution in [2.45, 2.75) is 23.8 Å². The molecular formula is C17H17IN2O4S. The number of hydrogen-bond donors (Lipinski definition) is 2. The molecule has 0 heterocycles. The molecule has 8 heteroatoms. The Morgan fingerprint density at radius 1 is 1.16 bits per heavy atom. The van der Waals surface area contributed by atoms with E-state index in [4.69, 9.17) is 4.74 Å². The van der Waals surface area contributed by atoms with E-state index in [0.717, 1.165) is 16.4 Å². The molecule has 132 valence electrons. The van der Waals surface area contributed by atoms with Gasteiger partial charge in [0.05, 0.1) is 17.7 Å². The molecule has 1 saturated carbocycles. The second kappa shape index (κ2) is 7.30. The van der Waals surface area contributed by atoms with Crippen LogP contribution in [-0.2, 0) is 10.0 Å². The van der Waals surface area contributed by atoms with Crippen LogP contribution in [0.25, 0.3) is 0 Å². The molecule has 0 aromatic heterocycles. The summed E-state index contributed by atoms with van der Waals surface area (Å²) in [6, 6.07) is 11.5. The summed E-state index contributed by atoms with van der Waals surface area (Å²) in [4.78, 5) is 12.5. The number of nitrogens with one attached hydrogen (secondary N) is 2. The van der Waals surface area contributed by atoms with Gasteiger partial charge in [-0.3, -0.25) is 4.79 Å². The lowest BCUT2D eigenvalue weighted by atomic mass is 10.2. The number of carbonyl (C=O) groups excluding carboxylic acids is 1. The third-order valence-corrected chi connectivity index (χ3v) is 5.97. The van der Waals surface area contributed by atoms with E-state index in [1.165, 1.54) is 25.3 Å². The number of rotatable bonds is 6. The van der Waals surface area contributed by atoms with E-state index in [-0.39, 0.29) is 16.8 Å². The molecule has 0 aliphatic heterocycles. The third kappa shape index (κ3) is 4.50. The molecule has 1 fully saturated rings. The van der Waals surface area contributed by atoms with Gasteiger partial charge in [0.25, 0.3) is 5.91 Å². The summed E-state index contributed by atoms with van der Waals surface area (Å²) < 4.78 is 33.6. The standard InChI is InChI=1S/C17H17IN2O4S/c1-24-16-9-8-14(25(22,23)20-13-6-7-13)10-15(16)19-17(21)11-2-4-12(18)5-3-11/h2-5,8-10,13,20H,6-7H2,1H3,(H,19,21). The molecule has 25 heavy (non-hydrogen) atoms. The van der Waals surface area contributed by atoms with Gasteiger partial charge in [-0.15, -0.1) is 0 Å². The van der Waals surface area contributed by atoms with Crippen molar-refractivity contribution in [3.63, 3.8) is 0 Å². The predicted octanol–water partition coefficient (Wildman–Crippen LogP) is 2.99. The Morgan fingerprint density at radius 3 is 2.44 bits per heavy atom. The van der Waals surface area contributed by atoms with Gasteiger partial charge in [-0.25, -0.2) is 13.1 Å². The molecule has 0 atom stereocenters. The van der Waals surface area contributed by atoms with E-state index in [0.29, 0.717) is 17.0 Å². The van der Waals surface area contributed by atoms with Crippen molar-refractivity contribution in [2.24, 2.45) is 0 Å². The van der Waals surface area contributed by atoms with Crippen molar-refractivity contribution in [1.82, 2.24) is 4.72 Å². The first-order valence-corrected chi connectivity index (χ1v) is 10.2. The van der Waals surface area contributed by atoms with Crippen LogP contribution in [-0.4, -0.2) is 27.5 Å². The molecular weight excluding hydrogens is 455 g/mol. The predicted molar refractivity (Wildman–Crippen MR) is 103 cm³/mol. The van der Waals surface area contributed by atoms with Crippen LogP contribution in [0.5, 0.6) is 5.75 Å². The molecule has 0 saturated heterocycles. The SMILES string of the molecule is COc1ccc(S(=O)(=O)NC2CC2)cc1NC(=O)c1ccc(I)cc1. The zero-order valence-electron chi connectivity index (χ0n) is 13.5. The second-order valence-corrected chi connectivity index (χ2v) is 8.68. The number of amides is 1. The molecule has 0 unspecified atom stereocenters. The number of carbonyl (C=O) groups is 1. The fourth-order valence-electron chi connectivity index (χ4n) is 2.24. The normalized spacial score (nSPS) is 14.2. The van der Waals surface area contributed by atoms with Crippen molar-refractivity contribution in [2.75, 3.05) is 12.4 Å². The first-order valence-electron chi connectivity index (χ1n) is 7.66. The van der Waals surface area contributed by atoms with Crippen molar-refractivity contribution in [1.29, 1.82) is 0 Å². The number of ether oxygens (including phenoxy) is 1. The molecule has 3 rings (SSSR count). The van der Waals surface area contributed by atoms with Gasteiger partial charge in [0.2, 0.25) is 10.0 Å². The number of benzene rings is 2. The summed E-state index contributed by atoms with van der Waals surface area (Å²) in [7, 11) is -2.14. The minimum atomic E-state index is -3.61. The lowest BCUT2D eigenvalue weighted by molar-refractivity contribution is 0.102. The smallest absolute Gasteiger partial charge is 0.255 e. The molecule has 1 aliphatic carbocycles. The summed E-state index contributed by atoms with van der Waals surface area (Å²) >= 11 is 2.16. The molecule has 6 nitrogen and oxygen atoms in total. The van der Waals surface area contributed by atoms with Crippen LogP contribution in [0.4, 0.5) is 5.69 Å². The summed E-state index contributed by atoms with van der Waals surface area (Å²) in [5, 5.41) is 2.72. The fraction of sp³-hybridized carbons (Fsp3) is 0.235. The Balaban J connectivity index is 1.87. The van der Waals surface area contributed by atoms with Crippen molar-refractivity contribution < 1.29 is 17.9 Å². The van der Waals surface area contributed by atoms with E-state index < -0.39 is 10.0 Å². The molecule has 2 aromatic carbocycles. The molecule has 2 N–H and O–H groups in total. The highest BCUT2D eigenvalue weighted by atomic mass is 127. The number of hydrogen-bond acceptors (Lipinski definition) is 4. The Morgan fingerprint density at radius 2 is 1.84 bits per heavy atom. The van der Waals surface area contributed by atoms with Gasteiger partial charge in [-0.1, -0.05) is 0 Å². The zero-order valence-corrected chi connectivity index (χ0v) is 16.4. The maximum atomic E-state index is 12.4. The summed E-state index contributed by atoms with van der Waals surface area (Å²) in [5.41, 5.74) is 0.788. The Hall–Kier alpha value is -1.65. The van der Waals surface area contributed by atoms with E-state index in [1.807, 2.05) is 12.1 Å². The van der Waals surface area contributed by atoms with Gasteiger partial charge in [0.15, 0.2) is 0 Å². The Bertz CT molecular complexity index is 893. The molecule has 0 bridgehead atoms. The van der Waals surface area contributed by atoms with E-state index in [9.17, 15) is 13.2 Å². The lowest BCUT2D eigenvalue weighted by Crippen LogP contribution is -2.25. The van der Waals surface area contributed by atoms with Crippen molar-refractivity contribution in [3.8, 4) is 5.75 Å². The maximum Gasteiger partial charge on any atom is 0.255 e. The zero-order chi connectivity index (χ0) is 18.0. The Labute approximate surface area is 160 Å². The van der Waals surface area contributed by atoms with Gasteiger partial charge in [0, 0.05) is 15.2 Å². The van der Waals surface area contributed by atoms with Crippen LogP contribution in [0.1, 0.15) is 23.2 Å². The minimum absolute atomic E-state index is 0.0111. The van der Waals surface area contributed by atoms with Crippen LogP contribution in [0.3, 0.4) is 0 Å². The minimum Gasteiger partial charge on any atom is -0.495 e. The van der Waals surface area contributed by atoms with Gasteiger partial charge >= 0.3 is 0 Å². The first-order chi connectivity index (χ1) is 11.9. The maximum absolute atomic E-state index is 12.4. The van der Waals surface area contributed by atoms with Crippen molar-refractivity contribution in [3.05, 3.63) is 51.6 Å². The molecule has 1 aliphatic rings. The highest BCUT2D eigenvalue weighted by Gasteiger charge is 2.28. The summed E-state index contributed by atoms with van der Waals surface area (Å²) in [6.45, 7) is 0. The van der Waals surface area contributed by atoms with Crippen LogP contribution < -0.4 is 14.8 Å². The topological polar surface area (TPSA) is 84.5 Å². The van der Waals surface area contributed by atoms with E-state index >= 15 is 0 Å². The van der Waals surface area contributed by atoms with Crippen LogP contribution in [0.15, 0.2) is 47.4 Å². The number of methoxy groups -OCH3 is 1. The lowest BCUT2D eigenvalue weighted by Gasteiger charge is -2.13. The third-order valence-electron chi connectivity index (χ3n) is 3.74. The van der Waals surface area contributed by atoms with Gasteiger partial charge in [-0.2, -0.15) is 0 Å². The molecule has 2 aromatic rings. The quantitative estimate of drug-likeness (QED) is 0.634. The molecule has 0 radical (unpaired) electrons. The summed E-state index contributed by atoms with van der Waals surface area (Å²) in [6.07, 6.45) is 1.71. The number of halogens is 1. The highest BCUT2D eigenvalue weighted by Crippen LogP contribution is 2.29. The Kier molecular flexibility index (Phi) is 5.30. The van der Waals surface area contributed by atoms with Gasteiger partial charge < -0.3 is 10.1 Å². The largest absolute Gasteiger partial charge is 0.495 e. The second-order valence-electron chi connectivity index (χ2n) is 5.72. The van der Waals surface area contributed by atoms with E-state index in [1.54, 1.807) is 12.1 Å². The van der Waals surface area contributed by atoms with E-state index in [2.05, 4.69) is 32.6 Å². The summed E-state index contributed by atoms with van der Waals surface area (Å²) in [5.74, 6) is 0.0589. The number of sulfonamides is 1. The van der Waals surface area contributed by atoms with Crippen LogP contribution in [0, 0.1) is 3.57 Å². The van der Waals surface area contributed by atoms with Crippen LogP contribution >= 0.6 is 22.6 Å². The van der Waals surface area contributed by atoms with Crippen molar-refractivity contribution >= 4 is 44.2 Å². The van der Waals surface area contributed by atoms with Gasteiger partial charge in [-0.05, 0) is 77.9 Å². The first kappa shape index (κ1) is 18.2. The average molecular weight is 472 g/mol. The van der Waals surface area contributed by atoms with Gasteiger partial charge in [0.1, 0.15) is 5.75 Å². The molecule has 1 amide bonds. The fourth-order valence-corrected chi connectivity index (χ4v) is 3.93. The number of anilines is 1.